The van der Waals surface area contributed by atoms with E-state index in [-0.39, 0.29) is 18.1 Å². The number of anilines is 1. The van der Waals surface area contributed by atoms with Crippen LogP contribution in [0.25, 0.3) is 0 Å². The second-order valence-electron chi connectivity index (χ2n) is 4.41. The number of nitrogens with zero attached hydrogens (tertiary/aromatic N) is 3. The maximum Gasteiger partial charge on any atom is 0.323 e. The zero-order valence-corrected chi connectivity index (χ0v) is 11.5. The average molecular weight is 265 g/mol. The molecule has 1 N–H and O–H groups in total. The smallest absolute Gasteiger partial charge is 0.323 e. The van der Waals surface area contributed by atoms with E-state index in [0.29, 0.717) is 13.0 Å². The molecule has 0 fully saturated rings. The highest BCUT2D eigenvalue weighted by molar-refractivity contribution is 5.94. The zero-order chi connectivity index (χ0) is 14.4. The fourth-order valence-electron chi connectivity index (χ4n) is 1.66. The van der Waals surface area contributed by atoms with E-state index in [9.17, 15) is 9.59 Å². The lowest BCUT2D eigenvalue weighted by Crippen LogP contribution is -2.36. The number of carbonyl (C=O) groups is 2. The molecule has 0 bridgehead atoms. The molecule has 1 heterocycles. The Morgan fingerprint density at radius 1 is 1.37 bits per heavy atom. The van der Waals surface area contributed by atoms with Gasteiger partial charge in [0.1, 0.15) is 12.2 Å². The maximum absolute atomic E-state index is 12.2. The van der Waals surface area contributed by atoms with Gasteiger partial charge in [0.2, 0.25) is 0 Å². The fourth-order valence-corrected chi connectivity index (χ4v) is 1.66. The minimum absolute atomic E-state index is 0.265. The van der Waals surface area contributed by atoms with Crippen molar-refractivity contribution in [2.75, 3.05) is 32.1 Å². The van der Waals surface area contributed by atoms with Crippen LogP contribution in [0.4, 0.5) is 5.69 Å². The van der Waals surface area contributed by atoms with Gasteiger partial charge >= 0.3 is 5.97 Å². The van der Waals surface area contributed by atoms with Gasteiger partial charge in [0.25, 0.3) is 5.91 Å². The van der Waals surface area contributed by atoms with Crippen molar-refractivity contribution in [1.29, 1.82) is 0 Å². The molecule has 1 amide bonds. The van der Waals surface area contributed by atoms with Crippen molar-refractivity contribution in [2.24, 2.45) is 0 Å². The number of aromatic nitrogens is 1. The molecule has 1 rings (SSSR count). The molecular formula is C13H19N3O3. The average Bonchev–Trinajstić information content (AvgIpc) is 2.37. The van der Waals surface area contributed by atoms with Crippen LogP contribution in [0.5, 0.6) is 0 Å². The van der Waals surface area contributed by atoms with Gasteiger partial charge in [-0.1, -0.05) is 6.92 Å². The molecule has 6 nitrogen and oxygen atoms in total. The van der Waals surface area contributed by atoms with Crippen molar-refractivity contribution < 1.29 is 14.7 Å². The Hall–Kier alpha value is -2.11. The molecule has 1 aromatic heterocycles. The second kappa shape index (κ2) is 6.72. The highest BCUT2D eigenvalue weighted by Gasteiger charge is 2.19. The first kappa shape index (κ1) is 14.9. The van der Waals surface area contributed by atoms with E-state index in [1.807, 2.05) is 25.9 Å². The van der Waals surface area contributed by atoms with Crippen molar-refractivity contribution in [3.63, 3.8) is 0 Å². The van der Waals surface area contributed by atoms with Crippen LogP contribution < -0.4 is 4.90 Å². The van der Waals surface area contributed by atoms with Gasteiger partial charge in [-0.25, -0.2) is 0 Å². The van der Waals surface area contributed by atoms with Gasteiger partial charge in [-0.05, 0) is 18.6 Å². The van der Waals surface area contributed by atoms with E-state index in [1.54, 1.807) is 18.3 Å². The minimum atomic E-state index is -1.02. The molecule has 1 aromatic rings. The number of carboxylic acids is 1. The Bertz CT molecular complexity index is 460. The van der Waals surface area contributed by atoms with Crippen molar-refractivity contribution in [2.45, 2.75) is 13.3 Å². The van der Waals surface area contributed by atoms with E-state index in [4.69, 9.17) is 5.11 Å². The van der Waals surface area contributed by atoms with Gasteiger partial charge in [0.15, 0.2) is 0 Å². The summed E-state index contributed by atoms with van der Waals surface area (Å²) in [7, 11) is 3.73. The predicted octanol–water partition coefficient (Wildman–Crippen LogP) is 1.08. The molecule has 0 spiro atoms. The van der Waals surface area contributed by atoms with Crippen molar-refractivity contribution in [1.82, 2.24) is 9.88 Å². The van der Waals surface area contributed by atoms with E-state index in [1.165, 1.54) is 4.90 Å². The number of pyridine rings is 1. The Labute approximate surface area is 112 Å². The quantitative estimate of drug-likeness (QED) is 0.833. The van der Waals surface area contributed by atoms with Crippen LogP contribution in [-0.2, 0) is 4.79 Å². The SMILES string of the molecule is CCCN(CC(=O)O)C(=O)c1cc(N(C)C)ccn1. The summed E-state index contributed by atoms with van der Waals surface area (Å²) in [5.74, 6) is -1.38. The molecule has 0 saturated carbocycles. The highest BCUT2D eigenvalue weighted by Crippen LogP contribution is 2.13. The van der Waals surface area contributed by atoms with Crippen LogP contribution in [-0.4, -0.2) is 54.1 Å². The Kier molecular flexibility index (Phi) is 5.29. The number of carboxylic acid groups (broad SMARTS) is 1. The summed E-state index contributed by atoms with van der Waals surface area (Å²) >= 11 is 0. The number of carbonyl (C=O) groups excluding carboxylic acids is 1. The monoisotopic (exact) mass is 265 g/mol. The molecule has 19 heavy (non-hydrogen) atoms. The lowest BCUT2D eigenvalue weighted by atomic mass is 10.2. The van der Waals surface area contributed by atoms with Crippen LogP contribution in [0, 0.1) is 0 Å². The molecule has 6 heteroatoms. The first-order valence-corrected chi connectivity index (χ1v) is 6.10. The van der Waals surface area contributed by atoms with Gasteiger partial charge in [0.05, 0.1) is 0 Å². The number of aliphatic carboxylic acids is 1. The van der Waals surface area contributed by atoms with Crippen LogP contribution in [0.15, 0.2) is 18.3 Å². The second-order valence-corrected chi connectivity index (χ2v) is 4.41. The van der Waals surface area contributed by atoms with Crippen molar-refractivity contribution in [3.05, 3.63) is 24.0 Å². The third kappa shape index (κ3) is 4.24. The molecule has 0 atom stereocenters. The number of hydrogen-bond donors (Lipinski definition) is 1. The third-order valence-corrected chi connectivity index (χ3v) is 2.59. The van der Waals surface area contributed by atoms with Gasteiger partial charge in [-0.15, -0.1) is 0 Å². The summed E-state index contributed by atoms with van der Waals surface area (Å²) in [5.41, 5.74) is 1.12. The molecule has 0 unspecified atom stereocenters. The Morgan fingerprint density at radius 3 is 2.58 bits per heavy atom. The largest absolute Gasteiger partial charge is 0.480 e. The van der Waals surface area contributed by atoms with Crippen LogP contribution in [0.2, 0.25) is 0 Å². The standard InChI is InChI=1S/C13H19N3O3/c1-4-7-16(9-12(17)18)13(19)11-8-10(15(2)3)5-6-14-11/h5-6,8H,4,7,9H2,1-3H3,(H,17,18). The fraction of sp³-hybridized carbons (Fsp3) is 0.462. The van der Waals surface area contributed by atoms with Crippen molar-refractivity contribution >= 4 is 17.6 Å². The molecule has 0 aliphatic carbocycles. The summed E-state index contributed by atoms with van der Waals surface area (Å²) in [6, 6.07) is 3.45. The molecule has 104 valence electrons. The zero-order valence-electron chi connectivity index (χ0n) is 11.5. The lowest BCUT2D eigenvalue weighted by Gasteiger charge is -2.20. The van der Waals surface area contributed by atoms with Crippen molar-refractivity contribution in [3.8, 4) is 0 Å². The molecule has 0 aliphatic rings. The van der Waals surface area contributed by atoms with E-state index < -0.39 is 5.97 Å². The summed E-state index contributed by atoms with van der Waals surface area (Å²) in [6.07, 6.45) is 2.25. The molecule has 0 radical (unpaired) electrons. The topological polar surface area (TPSA) is 73.7 Å². The Balaban J connectivity index is 2.95. The van der Waals surface area contributed by atoms with Gasteiger partial charge < -0.3 is 14.9 Å². The highest BCUT2D eigenvalue weighted by atomic mass is 16.4. The van der Waals surface area contributed by atoms with Gasteiger partial charge in [0, 0.05) is 32.5 Å². The summed E-state index contributed by atoms with van der Waals surface area (Å²) in [5, 5.41) is 8.83. The molecular weight excluding hydrogens is 246 g/mol. The third-order valence-electron chi connectivity index (χ3n) is 2.59. The lowest BCUT2D eigenvalue weighted by molar-refractivity contribution is -0.137. The van der Waals surface area contributed by atoms with E-state index >= 15 is 0 Å². The summed E-state index contributed by atoms with van der Waals surface area (Å²) in [4.78, 5) is 30.2. The van der Waals surface area contributed by atoms with E-state index in [2.05, 4.69) is 4.98 Å². The summed E-state index contributed by atoms with van der Waals surface area (Å²) < 4.78 is 0. The number of rotatable bonds is 6. The first-order chi connectivity index (χ1) is 8.95. The van der Waals surface area contributed by atoms with Gasteiger partial charge in [-0.3, -0.25) is 14.6 Å². The molecule has 0 aliphatic heterocycles. The van der Waals surface area contributed by atoms with Gasteiger partial charge in [-0.2, -0.15) is 0 Å². The maximum atomic E-state index is 12.2. The first-order valence-electron chi connectivity index (χ1n) is 6.10. The Morgan fingerprint density at radius 2 is 2.05 bits per heavy atom. The summed E-state index contributed by atoms with van der Waals surface area (Å²) in [6.45, 7) is 1.99. The van der Waals surface area contributed by atoms with E-state index in [0.717, 1.165) is 5.69 Å². The van der Waals surface area contributed by atoms with Crippen LogP contribution in [0.3, 0.4) is 0 Å². The number of hydrogen-bond acceptors (Lipinski definition) is 4. The van der Waals surface area contributed by atoms with Crippen LogP contribution >= 0.6 is 0 Å². The predicted molar refractivity (Wildman–Crippen MR) is 72.4 cm³/mol. The molecule has 0 aromatic carbocycles. The normalized spacial score (nSPS) is 10.1. The van der Waals surface area contributed by atoms with Crippen LogP contribution in [0.1, 0.15) is 23.8 Å². The molecule has 0 saturated heterocycles. The minimum Gasteiger partial charge on any atom is -0.480 e. The number of amides is 1.